The molecule has 0 N–H and O–H groups in total. The van der Waals surface area contributed by atoms with E-state index in [2.05, 4.69) is 4.74 Å². The van der Waals surface area contributed by atoms with Gasteiger partial charge >= 0.3 is 12.4 Å². The maximum atomic E-state index is 12.3. The zero-order valence-corrected chi connectivity index (χ0v) is 10.2. The quantitative estimate of drug-likeness (QED) is 0.297. The topological polar surface area (TPSA) is 46.6 Å². The van der Waals surface area contributed by atoms with Crippen molar-refractivity contribution < 1.29 is 23.1 Å². The molecule has 0 amide bonds. The van der Waals surface area contributed by atoms with Gasteiger partial charge in [-0.25, -0.2) is 13.6 Å². The normalized spacial score (nSPS) is 11.5. The number of ether oxygens (including phenoxy) is 1. The third-order valence-corrected chi connectivity index (χ3v) is 2.08. The van der Waals surface area contributed by atoms with Crippen LogP contribution in [0.1, 0.15) is 20.8 Å². The Hall–Kier alpha value is -1.46. The van der Waals surface area contributed by atoms with E-state index in [1.165, 1.54) is 0 Å². The van der Waals surface area contributed by atoms with Crippen molar-refractivity contribution >= 4 is 11.8 Å². The van der Waals surface area contributed by atoms with Crippen molar-refractivity contribution in [1.29, 1.82) is 0 Å². The molecule has 0 bridgehead atoms. The smallest absolute Gasteiger partial charge is 0.343 e. The highest BCUT2D eigenvalue weighted by Gasteiger charge is 2.27. The average Bonchev–Trinajstić information content (AvgIpc) is 2.30. The molecule has 98 valence electrons. The summed E-state index contributed by atoms with van der Waals surface area (Å²) in [5.41, 5.74) is -0.606. The zero-order valence-electron chi connectivity index (χ0n) is 10.2. The summed E-state index contributed by atoms with van der Waals surface area (Å²) < 4.78 is 29.2. The summed E-state index contributed by atoms with van der Waals surface area (Å²) in [6, 6.07) is 0. The molecule has 0 unspecified atom stereocenters. The maximum absolute atomic E-state index is 12.3. The van der Waals surface area contributed by atoms with Crippen molar-refractivity contribution in [1.82, 2.24) is 4.90 Å². The van der Waals surface area contributed by atoms with Crippen molar-refractivity contribution in [2.75, 3.05) is 19.7 Å². The summed E-state index contributed by atoms with van der Waals surface area (Å²) in [4.78, 5) is 24.1. The van der Waals surface area contributed by atoms with E-state index in [9.17, 15) is 18.4 Å². The Morgan fingerprint density at radius 2 is 1.76 bits per heavy atom. The molecule has 0 saturated heterocycles. The molecule has 0 saturated carbocycles. The van der Waals surface area contributed by atoms with Gasteiger partial charge in [-0.05, 0) is 20.8 Å². The van der Waals surface area contributed by atoms with Crippen LogP contribution in [-0.2, 0) is 14.3 Å². The minimum absolute atomic E-state index is 0.0327. The number of carbonyl (C=O) groups is 2. The van der Waals surface area contributed by atoms with E-state index in [0.717, 1.165) is 6.20 Å². The molecule has 0 aromatic heterocycles. The van der Waals surface area contributed by atoms with Gasteiger partial charge in [-0.2, -0.15) is 0 Å². The first kappa shape index (κ1) is 15.5. The second kappa shape index (κ2) is 7.76. The summed E-state index contributed by atoms with van der Waals surface area (Å²) >= 11 is 0. The number of carbonyl (C=O) groups excluding carboxylic acids is 2. The predicted molar refractivity (Wildman–Crippen MR) is 58.6 cm³/mol. The lowest BCUT2D eigenvalue weighted by molar-refractivity contribution is -0.141. The number of halogens is 2. The van der Waals surface area contributed by atoms with E-state index in [1.54, 1.807) is 25.7 Å². The number of hydrogen-bond donors (Lipinski definition) is 0. The van der Waals surface area contributed by atoms with Gasteiger partial charge in [0.15, 0.2) is 0 Å². The van der Waals surface area contributed by atoms with E-state index >= 15 is 0 Å². The SMILES string of the molecule is CCOC(=O)C(=CN(CC)CC)C(=O)C(F)F. The molecule has 0 heterocycles. The molecule has 0 fully saturated rings. The monoisotopic (exact) mass is 249 g/mol. The number of nitrogens with zero attached hydrogens (tertiary/aromatic N) is 1. The fourth-order valence-electron chi connectivity index (χ4n) is 1.13. The van der Waals surface area contributed by atoms with Gasteiger partial charge < -0.3 is 9.64 Å². The highest BCUT2D eigenvalue weighted by Crippen LogP contribution is 2.09. The third kappa shape index (κ3) is 4.93. The molecule has 0 aliphatic carbocycles. The molecular weight excluding hydrogens is 232 g/mol. The summed E-state index contributed by atoms with van der Waals surface area (Å²) in [6.07, 6.45) is -2.08. The van der Waals surface area contributed by atoms with Crippen LogP contribution in [0, 0.1) is 0 Å². The highest BCUT2D eigenvalue weighted by molar-refractivity contribution is 6.18. The molecule has 0 spiro atoms. The van der Waals surface area contributed by atoms with Gasteiger partial charge in [0.2, 0.25) is 5.78 Å². The number of ketones is 1. The Morgan fingerprint density at radius 3 is 2.12 bits per heavy atom. The second-order valence-electron chi connectivity index (χ2n) is 3.15. The van der Waals surface area contributed by atoms with Gasteiger partial charge in [0, 0.05) is 19.3 Å². The number of hydrogen-bond acceptors (Lipinski definition) is 4. The Morgan fingerprint density at radius 1 is 1.24 bits per heavy atom. The first-order chi connectivity index (χ1) is 7.97. The standard InChI is InChI=1S/C11H17F2NO3/c1-4-14(5-2)7-8(9(15)10(12)13)11(16)17-6-3/h7,10H,4-6H2,1-3H3. The van der Waals surface area contributed by atoms with Crippen LogP contribution in [0.3, 0.4) is 0 Å². The molecule has 0 radical (unpaired) electrons. The minimum Gasteiger partial charge on any atom is -0.462 e. The molecule has 0 aliphatic rings. The lowest BCUT2D eigenvalue weighted by Gasteiger charge is -2.17. The van der Waals surface area contributed by atoms with Crippen LogP contribution in [0.4, 0.5) is 8.78 Å². The van der Waals surface area contributed by atoms with Crippen LogP contribution in [0.2, 0.25) is 0 Å². The molecule has 4 nitrogen and oxygen atoms in total. The molecular formula is C11H17F2NO3. The lowest BCUT2D eigenvalue weighted by atomic mass is 10.2. The molecule has 0 aromatic carbocycles. The van der Waals surface area contributed by atoms with Gasteiger partial charge in [0.05, 0.1) is 6.61 Å². The highest BCUT2D eigenvalue weighted by atomic mass is 19.3. The van der Waals surface area contributed by atoms with E-state index < -0.39 is 23.8 Å². The lowest BCUT2D eigenvalue weighted by Crippen LogP contribution is -2.26. The molecule has 17 heavy (non-hydrogen) atoms. The summed E-state index contributed by atoms with van der Waals surface area (Å²) in [7, 11) is 0. The fourth-order valence-corrected chi connectivity index (χ4v) is 1.13. The number of rotatable bonds is 7. The Labute approximate surface area is 99.2 Å². The molecule has 6 heteroatoms. The summed E-state index contributed by atoms with van der Waals surface area (Å²) in [5, 5.41) is 0. The van der Waals surface area contributed by atoms with Crippen LogP contribution in [0.15, 0.2) is 11.8 Å². The zero-order chi connectivity index (χ0) is 13.4. The van der Waals surface area contributed by atoms with E-state index in [4.69, 9.17) is 0 Å². The Bertz CT molecular complexity index is 299. The maximum Gasteiger partial charge on any atom is 0.343 e. The summed E-state index contributed by atoms with van der Waals surface area (Å²) in [5.74, 6) is -2.51. The van der Waals surface area contributed by atoms with Crippen LogP contribution < -0.4 is 0 Å². The van der Waals surface area contributed by atoms with E-state index in [0.29, 0.717) is 13.1 Å². The van der Waals surface area contributed by atoms with Crippen molar-refractivity contribution in [3.63, 3.8) is 0 Å². The molecule has 0 atom stereocenters. The number of esters is 1. The van der Waals surface area contributed by atoms with E-state index in [1.807, 2.05) is 0 Å². The first-order valence-corrected chi connectivity index (χ1v) is 5.43. The average molecular weight is 249 g/mol. The number of alkyl halides is 2. The van der Waals surface area contributed by atoms with Gasteiger partial charge in [0.1, 0.15) is 5.57 Å². The Kier molecular flexibility index (Phi) is 7.09. The third-order valence-electron chi connectivity index (χ3n) is 2.08. The van der Waals surface area contributed by atoms with Crippen LogP contribution in [0.5, 0.6) is 0 Å². The van der Waals surface area contributed by atoms with Gasteiger partial charge in [0.25, 0.3) is 0 Å². The van der Waals surface area contributed by atoms with Crippen molar-refractivity contribution in [3.8, 4) is 0 Å². The van der Waals surface area contributed by atoms with Crippen LogP contribution in [0.25, 0.3) is 0 Å². The van der Waals surface area contributed by atoms with Gasteiger partial charge in [-0.15, -0.1) is 0 Å². The largest absolute Gasteiger partial charge is 0.462 e. The summed E-state index contributed by atoms with van der Waals surface area (Å²) in [6.45, 7) is 6.17. The molecule has 0 aromatic rings. The fraction of sp³-hybridized carbons (Fsp3) is 0.636. The molecule has 0 aliphatic heterocycles. The van der Waals surface area contributed by atoms with Crippen molar-refractivity contribution in [3.05, 3.63) is 11.8 Å². The minimum atomic E-state index is -3.21. The van der Waals surface area contributed by atoms with Gasteiger partial charge in [-0.1, -0.05) is 0 Å². The van der Waals surface area contributed by atoms with Crippen LogP contribution >= 0.6 is 0 Å². The predicted octanol–water partition coefficient (Wildman–Crippen LogP) is 1.61. The first-order valence-electron chi connectivity index (χ1n) is 5.43. The van der Waals surface area contributed by atoms with Crippen molar-refractivity contribution in [2.24, 2.45) is 0 Å². The van der Waals surface area contributed by atoms with E-state index in [-0.39, 0.29) is 6.61 Å². The Balaban J connectivity index is 5.09. The molecule has 0 rings (SSSR count). The second-order valence-corrected chi connectivity index (χ2v) is 3.15. The van der Waals surface area contributed by atoms with Crippen molar-refractivity contribution in [2.45, 2.75) is 27.2 Å². The number of Topliss-reactive ketones (excluding diaryl/α,β-unsaturated/α-hetero) is 1. The van der Waals surface area contributed by atoms with Gasteiger partial charge in [-0.3, -0.25) is 4.79 Å². The van der Waals surface area contributed by atoms with Crippen LogP contribution in [-0.4, -0.2) is 42.8 Å².